The zero-order valence-corrected chi connectivity index (χ0v) is 22.6. The van der Waals surface area contributed by atoms with Gasteiger partial charge in [0.1, 0.15) is 6.04 Å². The number of carbonyl (C=O) groups is 2. The number of rotatable bonds is 12. The van der Waals surface area contributed by atoms with E-state index in [1.54, 1.807) is 24.0 Å². The van der Waals surface area contributed by atoms with Gasteiger partial charge in [0.25, 0.3) is 0 Å². The van der Waals surface area contributed by atoms with Gasteiger partial charge in [-0.25, -0.2) is 8.42 Å². The molecule has 0 bridgehead atoms. The van der Waals surface area contributed by atoms with Crippen LogP contribution in [-0.2, 0) is 26.2 Å². The Balaban J connectivity index is 2.16. The molecule has 192 valence electrons. The Morgan fingerprint density at radius 3 is 2.23 bits per heavy atom. The van der Waals surface area contributed by atoms with Gasteiger partial charge in [-0.15, -0.1) is 0 Å². The highest BCUT2D eigenvalue weighted by atomic mass is 32.2. The molecule has 2 atom stereocenters. The zero-order chi connectivity index (χ0) is 26.2. The third-order valence-electron chi connectivity index (χ3n) is 6.08. The summed E-state index contributed by atoms with van der Waals surface area (Å²) in [5, 5.41) is 2.96. The van der Waals surface area contributed by atoms with Gasteiger partial charge in [-0.1, -0.05) is 54.4 Å². The zero-order valence-electron chi connectivity index (χ0n) is 21.7. The SMILES string of the molecule is CC[C@H](C)NC(=O)[C@@H](C)N(Cc1cccc(C)c1)C(=O)CCCN(c1ccc(C)cc1)S(C)(=O)=O. The molecule has 0 aliphatic heterocycles. The summed E-state index contributed by atoms with van der Waals surface area (Å²) >= 11 is 0. The number of carbonyl (C=O) groups excluding carboxylic acids is 2. The van der Waals surface area contributed by atoms with Gasteiger partial charge in [-0.2, -0.15) is 0 Å². The van der Waals surface area contributed by atoms with E-state index >= 15 is 0 Å². The van der Waals surface area contributed by atoms with Crippen molar-refractivity contribution in [2.75, 3.05) is 17.1 Å². The molecule has 0 radical (unpaired) electrons. The molecule has 0 aromatic heterocycles. The van der Waals surface area contributed by atoms with Crippen LogP contribution in [0.5, 0.6) is 0 Å². The first kappa shape index (κ1) is 28.4. The lowest BCUT2D eigenvalue weighted by Crippen LogP contribution is -2.49. The van der Waals surface area contributed by atoms with E-state index in [9.17, 15) is 18.0 Å². The predicted molar refractivity (Wildman–Crippen MR) is 142 cm³/mol. The van der Waals surface area contributed by atoms with E-state index in [2.05, 4.69) is 5.32 Å². The molecule has 0 saturated carbocycles. The minimum Gasteiger partial charge on any atom is -0.352 e. The first-order valence-electron chi connectivity index (χ1n) is 12.1. The van der Waals surface area contributed by atoms with E-state index in [-0.39, 0.29) is 30.8 Å². The van der Waals surface area contributed by atoms with Crippen LogP contribution in [0, 0.1) is 13.8 Å². The normalized spacial score (nSPS) is 13.1. The monoisotopic (exact) mass is 501 g/mol. The Hall–Kier alpha value is -2.87. The molecule has 2 rings (SSSR count). The van der Waals surface area contributed by atoms with Crippen molar-refractivity contribution in [2.24, 2.45) is 0 Å². The van der Waals surface area contributed by atoms with Crippen LogP contribution in [0.2, 0.25) is 0 Å². The van der Waals surface area contributed by atoms with Gasteiger partial charge < -0.3 is 10.2 Å². The van der Waals surface area contributed by atoms with Crippen molar-refractivity contribution >= 4 is 27.5 Å². The molecular formula is C27H39N3O4S. The van der Waals surface area contributed by atoms with Crippen molar-refractivity contribution in [1.82, 2.24) is 10.2 Å². The second kappa shape index (κ2) is 12.7. The van der Waals surface area contributed by atoms with Gasteiger partial charge in [-0.3, -0.25) is 13.9 Å². The molecule has 8 heteroatoms. The fourth-order valence-electron chi connectivity index (χ4n) is 3.77. The second-order valence-electron chi connectivity index (χ2n) is 9.28. The molecule has 0 fully saturated rings. The lowest BCUT2D eigenvalue weighted by atomic mass is 10.1. The summed E-state index contributed by atoms with van der Waals surface area (Å²) in [4.78, 5) is 27.8. The highest BCUT2D eigenvalue weighted by molar-refractivity contribution is 7.92. The Bertz CT molecular complexity index is 1100. The van der Waals surface area contributed by atoms with Crippen LogP contribution < -0.4 is 9.62 Å². The molecule has 2 amide bonds. The highest BCUT2D eigenvalue weighted by Crippen LogP contribution is 2.20. The second-order valence-corrected chi connectivity index (χ2v) is 11.2. The standard InChI is InChI=1S/C27H39N3O4S/c1-7-22(4)28-27(32)23(5)29(19-24-11-8-10-21(3)18-24)26(31)12-9-17-30(35(6,33)34)25-15-13-20(2)14-16-25/h8,10-11,13-16,18,22-23H,7,9,12,17,19H2,1-6H3,(H,28,32)/t22-,23+/m0/s1. The number of hydrogen-bond donors (Lipinski definition) is 1. The third-order valence-corrected chi connectivity index (χ3v) is 7.27. The van der Waals surface area contributed by atoms with Crippen molar-refractivity contribution in [3.05, 3.63) is 65.2 Å². The molecule has 0 heterocycles. The third kappa shape index (κ3) is 8.69. The van der Waals surface area contributed by atoms with Crippen molar-refractivity contribution < 1.29 is 18.0 Å². The van der Waals surface area contributed by atoms with E-state index in [0.717, 1.165) is 23.1 Å². The fraction of sp³-hybridized carbons (Fsp3) is 0.481. The van der Waals surface area contributed by atoms with Crippen LogP contribution in [-0.4, -0.2) is 50.0 Å². The van der Waals surface area contributed by atoms with Crippen LogP contribution in [0.25, 0.3) is 0 Å². The van der Waals surface area contributed by atoms with Gasteiger partial charge in [0.05, 0.1) is 11.9 Å². The smallest absolute Gasteiger partial charge is 0.242 e. The van der Waals surface area contributed by atoms with Gasteiger partial charge in [0.15, 0.2) is 0 Å². The Morgan fingerprint density at radius 1 is 1.00 bits per heavy atom. The predicted octanol–water partition coefficient (Wildman–Crippen LogP) is 4.18. The first-order valence-corrected chi connectivity index (χ1v) is 14.0. The largest absolute Gasteiger partial charge is 0.352 e. The van der Waals surface area contributed by atoms with Crippen LogP contribution in [0.4, 0.5) is 5.69 Å². The van der Waals surface area contributed by atoms with Gasteiger partial charge in [-0.05, 0) is 58.2 Å². The van der Waals surface area contributed by atoms with Crippen LogP contribution in [0.15, 0.2) is 48.5 Å². The molecule has 1 N–H and O–H groups in total. The maximum Gasteiger partial charge on any atom is 0.242 e. The van der Waals surface area contributed by atoms with Crippen LogP contribution in [0.3, 0.4) is 0 Å². The van der Waals surface area contributed by atoms with Crippen LogP contribution in [0.1, 0.15) is 56.7 Å². The van der Waals surface area contributed by atoms with E-state index < -0.39 is 16.1 Å². The Kier molecular flexibility index (Phi) is 10.3. The summed E-state index contributed by atoms with van der Waals surface area (Å²) in [5.74, 6) is -0.381. The topological polar surface area (TPSA) is 86.8 Å². The highest BCUT2D eigenvalue weighted by Gasteiger charge is 2.27. The molecule has 35 heavy (non-hydrogen) atoms. The lowest BCUT2D eigenvalue weighted by Gasteiger charge is -2.30. The number of nitrogens with zero attached hydrogens (tertiary/aromatic N) is 2. The number of benzene rings is 2. The minimum absolute atomic E-state index is 0.0127. The Morgan fingerprint density at radius 2 is 1.66 bits per heavy atom. The summed E-state index contributed by atoms with van der Waals surface area (Å²) in [6.45, 7) is 10.1. The molecule has 0 spiro atoms. The first-order chi connectivity index (χ1) is 16.4. The summed E-state index contributed by atoms with van der Waals surface area (Å²) in [6, 6.07) is 14.5. The summed E-state index contributed by atoms with van der Waals surface area (Å²) in [6.07, 6.45) is 2.43. The molecule has 0 saturated heterocycles. The van der Waals surface area contributed by atoms with Gasteiger partial charge in [0, 0.05) is 25.6 Å². The maximum absolute atomic E-state index is 13.3. The average Bonchev–Trinajstić information content (AvgIpc) is 2.79. The summed E-state index contributed by atoms with van der Waals surface area (Å²) in [7, 11) is -3.50. The molecule has 0 aliphatic rings. The molecule has 7 nitrogen and oxygen atoms in total. The van der Waals surface area contributed by atoms with E-state index in [1.807, 2.05) is 64.1 Å². The fourth-order valence-corrected chi connectivity index (χ4v) is 4.74. The van der Waals surface area contributed by atoms with Gasteiger partial charge >= 0.3 is 0 Å². The molecule has 0 aliphatic carbocycles. The number of amides is 2. The molecule has 2 aromatic carbocycles. The van der Waals surface area contributed by atoms with Gasteiger partial charge in [0.2, 0.25) is 21.8 Å². The van der Waals surface area contributed by atoms with Crippen molar-refractivity contribution in [2.45, 2.75) is 72.5 Å². The van der Waals surface area contributed by atoms with E-state index in [1.165, 1.54) is 10.6 Å². The number of aryl methyl sites for hydroxylation is 2. The quantitative estimate of drug-likeness (QED) is 0.473. The number of nitrogens with one attached hydrogen (secondary N) is 1. The molecular weight excluding hydrogens is 462 g/mol. The van der Waals surface area contributed by atoms with E-state index in [0.29, 0.717) is 18.7 Å². The van der Waals surface area contributed by atoms with E-state index in [4.69, 9.17) is 0 Å². The average molecular weight is 502 g/mol. The summed E-state index contributed by atoms with van der Waals surface area (Å²) in [5.41, 5.74) is 3.63. The van der Waals surface area contributed by atoms with Crippen molar-refractivity contribution in [1.29, 1.82) is 0 Å². The van der Waals surface area contributed by atoms with Crippen molar-refractivity contribution in [3.63, 3.8) is 0 Å². The minimum atomic E-state index is -3.50. The van der Waals surface area contributed by atoms with Crippen LogP contribution >= 0.6 is 0 Å². The molecule has 0 unspecified atom stereocenters. The maximum atomic E-state index is 13.3. The lowest BCUT2D eigenvalue weighted by molar-refractivity contribution is -0.140. The molecule has 2 aromatic rings. The Labute approximate surface area is 210 Å². The number of sulfonamides is 1. The number of anilines is 1. The van der Waals surface area contributed by atoms with Crippen molar-refractivity contribution in [3.8, 4) is 0 Å². The summed E-state index contributed by atoms with van der Waals surface area (Å²) < 4.78 is 26.1. The number of hydrogen-bond acceptors (Lipinski definition) is 4.